The number of aryl methyl sites for hydroxylation is 1. The Morgan fingerprint density at radius 3 is 2.81 bits per heavy atom. The maximum absolute atomic E-state index is 12.3. The van der Waals surface area contributed by atoms with Crippen LogP contribution < -0.4 is 4.74 Å². The van der Waals surface area contributed by atoms with Crippen molar-refractivity contribution in [3.63, 3.8) is 0 Å². The third-order valence-corrected chi connectivity index (χ3v) is 5.09. The Kier molecular flexibility index (Phi) is 6.00. The summed E-state index contributed by atoms with van der Waals surface area (Å²) in [4.78, 5) is 23.0. The lowest BCUT2D eigenvalue weighted by atomic mass is 10.1. The van der Waals surface area contributed by atoms with E-state index in [1.807, 2.05) is 48.9 Å². The van der Waals surface area contributed by atoms with Gasteiger partial charge in [-0.3, -0.25) is 10.1 Å². The van der Waals surface area contributed by atoms with Crippen molar-refractivity contribution in [2.24, 2.45) is 0 Å². The largest absolute Gasteiger partial charge is 0.467 e. The normalized spacial score (nSPS) is 12.9. The van der Waals surface area contributed by atoms with Gasteiger partial charge in [0, 0.05) is 40.6 Å². The number of fused-ring (bicyclic) bond motifs is 1. The second-order valence-corrected chi connectivity index (χ2v) is 7.23. The van der Waals surface area contributed by atoms with Crippen LogP contribution in [0.5, 0.6) is 5.75 Å². The second-order valence-electron chi connectivity index (χ2n) is 7.23. The summed E-state index contributed by atoms with van der Waals surface area (Å²) in [5.41, 5.74) is 4.26. The molecule has 0 aliphatic carbocycles. The number of para-hydroxylation sites is 1. The van der Waals surface area contributed by atoms with Gasteiger partial charge >= 0.3 is 5.97 Å². The molecule has 4 rings (SSSR count). The van der Waals surface area contributed by atoms with Crippen molar-refractivity contribution in [2.75, 3.05) is 6.79 Å². The van der Waals surface area contributed by atoms with E-state index in [0.717, 1.165) is 22.6 Å². The van der Waals surface area contributed by atoms with Gasteiger partial charge in [0.05, 0.1) is 22.9 Å². The zero-order valence-corrected chi connectivity index (χ0v) is 17.6. The highest BCUT2D eigenvalue weighted by atomic mass is 16.7. The third kappa shape index (κ3) is 4.37. The zero-order valence-electron chi connectivity index (χ0n) is 17.6. The van der Waals surface area contributed by atoms with Crippen molar-refractivity contribution in [3.05, 3.63) is 86.7 Å². The number of esters is 1. The SMILES string of the molecule is Cc1nn(-c2ccccc2)c(C)c1C=CC(=O)OCc1cc([N+](=O)[O-])cc2c1OCOC2. The van der Waals surface area contributed by atoms with Crippen LogP contribution in [0.1, 0.15) is 28.1 Å². The highest BCUT2D eigenvalue weighted by molar-refractivity contribution is 5.87. The first-order chi connectivity index (χ1) is 15.4. The van der Waals surface area contributed by atoms with Crippen LogP contribution in [0.25, 0.3) is 11.8 Å². The molecule has 0 saturated heterocycles. The quantitative estimate of drug-likeness (QED) is 0.249. The van der Waals surface area contributed by atoms with Crippen molar-refractivity contribution < 1.29 is 23.9 Å². The van der Waals surface area contributed by atoms with Gasteiger partial charge in [-0.15, -0.1) is 0 Å². The number of carbonyl (C=O) groups is 1. The molecule has 0 radical (unpaired) electrons. The number of carbonyl (C=O) groups excluding carboxylic acids is 1. The van der Waals surface area contributed by atoms with E-state index in [2.05, 4.69) is 5.10 Å². The number of benzene rings is 2. The minimum Gasteiger partial charge on any atom is -0.467 e. The van der Waals surface area contributed by atoms with Crippen LogP contribution in [0.15, 0.2) is 48.5 Å². The molecule has 32 heavy (non-hydrogen) atoms. The predicted molar refractivity (Wildman–Crippen MR) is 115 cm³/mol. The van der Waals surface area contributed by atoms with Crippen LogP contribution in [0.3, 0.4) is 0 Å². The second kappa shape index (κ2) is 9.03. The lowest BCUT2D eigenvalue weighted by Crippen LogP contribution is -2.14. The van der Waals surface area contributed by atoms with E-state index in [1.165, 1.54) is 18.2 Å². The Morgan fingerprint density at radius 2 is 2.06 bits per heavy atom. The molecule has 1 aliphatic heterocycles. The zero-order chi connectivity index (χ0) is 22.7. The molecule has 0 bridgehead atoms. The van der Waals surface area contributed by atoms with E-state index >= 15 is 0 Å². The molecule has 0 fully saturated rings. The highest BCUT2D eigenvalue weighted by Crippen LogP contribution is 2.33. The number of rotatable bonds is 6. The topological polar surface area (TPSA) is 106 Å². The number of non-ortho nitro benzene ring substituents is 1. The van der Waals surface area contributed by atoms with Gasteiger partial charge in [-0.25, -0.2) is 9.48 Å². The Bertz CT molecular complexity index is 1200. The Labute approximate surface area is 184 Å². The fourth-order valence-electron chi connectivity index (χ4n) is 3.56. The van der Waals surface area contributed by atoms with Gasteiger partial charge in [0.15, 0.2) is 6.79 Å². The maximum Gasteiger partial charge on any atom is 0.331 e. The lowest BCUT2D eigenvalue weighted by Gasteiger charge is -2.20. The summed E-state index contributed by atoms with van der Waals surface area (Å²) in [7, 11) is 0. The number of nitro benzene ring substituents is 1. The molecule has 0 N–H and O–H groups in total. The molecule has 9 nitrogen and oxygen atoms in total. The van der Waals surface area contributed by atoms with E-state index in [9.17, 15) is 14.9 Å². The van der Waals surface area contributed by atoms with Gasteiger partial charge < -0.3 is 14.2 Å². The lowest BCUT2D eigenvalue weighted by molar-refractivity contribution is -0.385. The van der Waals surface area contributed by atoms with Crippen LogP contribution in [0, 0.1) is 24.0 Å². The number of hydrogen-bond acceptors (Lipinski definition) is 7. The first-order valence-electron chi connectivity index (χ1n) is 9.91. The van der Waals surface area contributed by atoms with E-state index in [1.54, 1.807) is 6.08 Å². The molecule has 0 amide bonds. The molecule has 0 saturated carbocycles. The minimum absolute atomic E-state index is 0.0373. The van der Waals surface area contributed by atoms with Crippen molar-refractivity contribution in [2.45, 2.75) is 27.1 Å². The average Bonchev–Trinajstić information content (AvgIpc) is 3.09. The molecule has 0 atom stereocenters. The van der Waals surface area contributed by atoms with Crippen molar-refractivity contribution in [1.29, 1.82) is 0 Å². The van der Waals surface area contributed by atoms with Gasteiger partial charge in [-0.2, -0.15) is 5.10 Å². The summed E-state index contributed by atoms with van der Waals surface area (Å²) in [6, 6.07) is 12.4. The molecule has 2 heterocycles. The number of nitrogens with zero attached hydrogens (tertiary/aromatic N) is 3. The smallest absolute Gasteiger partial charge is 0.331 e. The Balaban J connectivity index is 1.49. The van der Waals surface area contributed by atoms with Gasteiger partial charge in [0.25, 0.3) is 5.69 Å². The van der Waals surface area contributed by atoms with Crippen LogP contribution in [0.2, 0.25) is 0 Å². The summed E-state index contributed by atoms with van der Waals surface area (Å²) in [6.45, 7) is 3.87. The van der Waals surface area contributed by atoms with Crippen LogP contribution in [-0.4, -0.2) is 27.5 Å². The fraction of sp³-hybridized carbons (Fsp3) is 0.217. The highest BCUT2D eigenvalue weighted by Gasteiger charge is 2.21. The van der Waals surface area contributed by atoms with Gasteiger partial charge in [-0.1, -0.05) is 18.2 Å². The first-order valence-corrected chi connectivity index (χ1v) is 9.91. The van der Waals surface area contributed by atoms with E-state index < -0.39 is 10.9 Å². The van der Waals surface area contributed by atoms with Gasteiger partial charge in [0.2, 0.25) is 0 Å². The van der Waals surface area contributed by atoms with E-state index in [0.29, 0.717) is 16.9 Å². The van der Waals surface area contributed by atoms with Crippen molar-refractivity contribution in [3.8, 4) is 11.4 Å². The summed E-state index contributed by atoms with van der Waals surface area (Å²) in [5, 5.41) is 15.7. The molecular weight excluding hydrogens is 414 g/mol. The fourth-order valence-corrected chi connectivity index (χ4v) is 3.56. The molecule has 1 aromatic heterocycles. The summed E-state index contributed by atoms with van der Waals surface area (Å²) >= 11 is 0. The van der Waals surface area contributed by atoms with E-state index in [-0.39, 0.29) is 25.7 Å². The molecule has 9 heteroatoms. The standard InChI is InChI=1S/C23H21N3O6/c1-15-21(16(2)25(24-15)19-6-4-3-5-7-19)8-9-22(27)31-13-18-11-20(26(28)29)10-17-12-30-14-32-23(17)18/h3-11H,12-14H2,1-2H3. The third-order valence-electron chi connectivity index (χ3n) is 5.09. The average molecular weight is 435 g/mol. The molecule has 0 unspecified atom stereocenters. The predicted octanol–water partition coefficient (Wildman–Crippen LogP) is 4.02. The molecule has 2 aromatic carbocycles. The van der Waals surface area contributed by atoms with Crippen LogP contribution >= 0.6 is 0 Å². The van der Waals surface area contributed by atoms with Gasteiger partial charge in [0.1, 0.15) is 12.4 Å². The van der Waals surface area contributed by atoms with Crippen molar-refractivity contribution >= 4 is 17.7 Å². The number of nitro groups is 1. The van der Waals surface area contributed by atoms with Crippen LogP contribution in [-0.2, 0) is 27.5 Å². The van der Waals surface area contributed by atoms with Gasteiger partial charge in [-0.05, 0) is 32.1 Å². The molecular formula is C23H21N3O6. The molecule has 3 aromatic rings. The minimum atomic E-state index is -0.580. The van der Waals surface area contributed by atoms with Crippen molar-refractivity contribution in [1.82, 2.24) is 9.78 Å². The summed E-state index contributed by atoms with van der Waals surface area (Å²) < 4.78 is 17.8. The molecule has 164 valence electrons. The summed E-state index contributed by atoms with van der Waals surface area (Å²) in [5.74, 6) is -0.127. The Morgan fingerprint density at radius 1 is 1.28 bits per heavy atom. The first kappa shape index (κ1) is 21.3. The monoisotopic (exact) mass is 435 g/mol. The number of ether oxygens (including phenoxy) is 3. The number of aromatic nitrogens is 2. The number of hydrogen-bond donors (Lipinski definition) is 0. The maximum atomic E-state index is 12.3. The Hall–Kier alpha value is -3.98. The molecule has 1 aliphatic rings. The van der Waals surface area contributed by atoms with Crippen LogP contribution in [0.4, 0.5) is 5.69 Å². The molecule has 0 spiro atoms. The summed E-state index contributed by atoms with van der Waals surface area (Å²) in [6.07, 6.45) is 2.98. The van der Waals surface area contributed by atoms with E-state index in [4.69, 9.17) is 14.2 Å².